The normalized spacial score (nSPS) is 14.8. The Hall–Kier alpha value is -3.12. The van der Waals surface area contributed by atoms with Gasteiger partial charge < -0.3 is 14.5 Å². The third kappa shape index (κ3) is 6.02. The van der Waals surface area contributed by atoms with Crippen molar-refractivity contribution in [3.63, 3.8) is 0 Å². The molecule has 0 atom stereocenters. The van der Waals surface area contributed by atoms with Crippen LogP contribution in [0.3, 0.4) is 0 Å². The van der Waals surface area contributed by atoms with Crippen LogP contribution in [0.15, 0.2) is 53.4 Å². The number of nitrogens with zero attached hydrogens (tertiary/aromatic N) is 2. The van der Waals surface area contributed by atoms with Gasteiger partial charge in [-0.3, -0.25) is 4.79 Å². The fourth-order valence-corrected chi connectivity index (χ4v) is 4.08. The van der Waals surface area contributed by atoms with Gasteiger partial charge in [0.15, 0.2) is 6.61 Å². The van der Waals surface area contributed by atoms with E-state index in [1.807, 2.05) is 0 Å². The molecule has 0 radical (unpaired) electrons. The van der Waals surface area contributed by atoms with E-state index in [4.69, 9.17) is 4.74 Å². The fourth-order valence-electron chi connectivity index (χ4n) is 3.30. The Morgan fingerprint density at radius 3 is 2.33 bits per heavy atom. The standard InChI is InChI=1S/C21H22F3N3O5S/c1-25-33(30,31)18-7-2-4-15(12-18)20(29)32-14-19(28)27-10-8-26(9-11-27)17-6-3-5-16(13-17)21(22,23)24/h2-7,12-13,25H,8-11,14H2,1H3. The Bertz CT molecular complexity index is 1130. The molecule has 2 aromatic carbocycles. The van der Waals surface area contributed by atoms with Gasteiger partial charge >= 0.3 is 12.1 Å². The number of rotatable bonds is 6. The highest BCUT2D eigenvalue weighted by Crippen LogP contribution is 2.31. The number of amides is 1. The summed E-state index contributed by atoms with van der Waals surface area (Å²) >= 11 is 0. The van der Waals surface area contributed by atoms with E-state index in [1.165, 1.54) is 36.2 Å². The number of hydrogen-bond donors (Lipinski definition) is 1. The fraction of sp³-hybridized carbons (Fsp3) is 0.333. The van der Waals surface area contributed by atoms with E-state index in [9.17, 15) is 31.2 Å². The molecule has 1 aliphatic rings. The first-order valence-corrected chi connectivity index (χ1v) is 11.4. The lowest BCUT2D eigenvalue weighted by Gasteiger charge is -2.36. The van der Waals surface area contributed by atoms with Gasteiger partial charge in [0.1, 0.15) is 0 Å². The lowest BCUT2D eigenvalue weighted by molar-refractivity contribution is -0.137. The van der Waals surface area contributed by atoms with Gasteiger partial charge in [-0.25, -0.2) is 17.9 Å². The maximum Gasteiger partial charge on any atom is 0.416 e. The molecule has 0 bridgehead atoms. The van der Waals surface area contributed by atoms with E-state index in [-0.39, 0.29) is 23.5 Å². The highest BCUT2D eigenvalue weighted by molar-refractivity contribution is 7.89. The van der Waals surface area contributed by atoms with Crippen LogP contribution in [-0.4, -0.2) is 65.0 Å². The van der Waals surface area contributed by atoms with Gasteiger partial charge in [-0.2, -0.15) is 13.2 Å². The molecule has 1 amide bonds. The maximum absolute atomic E-state index is 12.9. The van der Waals surface area contributed by atoms with Crippen LogP contribution in [0.4, 0.5) is 18.9 Å². The molecule has 2 aromatic rings. The van der Waals surface area contributed by atoms with Gasteiger partial charge in [0, 0.05) is 31.9 Å². The van der Waals surface area contributed by atoms with Crippen LogP contribution < -0.4 is 9.62 Å². The monoisotopic (exact) mass is 485 g/mol. The lowest BCUT2D eigenvalue weighted by Crippen LogP contribution is -2.50. The van der Waals surface area contributed by atoms with Crippen molar-refractivity contribution in [2.75, 3.05) is 44.7 Å². The van der Waals surface area contributed by atoms with Crippen molar-refractivity contribution in [1.82, 2.24) is 9.62 Å². The van der Waals surface area contributed by atoms with Crippen LogP contribution in [0.1, 0.15) is 15.9 Å². The maximum atomic E-state index is 12.9. The molecule has 1 aliphatic heterocycles. The number of esters is 1. The summed E-state index contributed by atoms with van der Waals surface area (Å²) in [5.41, 5.74) is -0.342. The molecular weight excluding hydrogens is 463 g/mol. The van der Waals surface area contributed by atoms with E-state index in [2.05, 4.69) is 4.72 Å². The molecule has 1 N–H and O–H groups in total. The van der Waals surface area contributed by atoms with E-state index in [1.54, 1.807) is 11.0 Å². The Balaban J connectivity index is 1.54. The number of hydrogen-bond acceptors (Lipinski definition) is 6. The number of sulfonamides is 1. The summed E-state index contributed by atoms with van der Waals surface area (Å²) in [6.07, 6.45) is -4.44. The third-order valence-electron chi connectivity index (χ3n) is 5.15. The van der Waals surface area contributed by atoms with Crippen LogP contribution in [0.2, 0.25) is 0 Å². The van der Waals surface area contributed by atoms with Crippen molar-refractivity contribution in [3.8, 4) is 0 Å². The van der Waals surface area contributed by atoms with E-state index in [0.29, 0.717) is 18.8 Å². The summed E-state index contributed by atoms with van der Waals surface area (Å²) in [5.74, 6) is -1.30. The number of nitrogens with one attached hydrogen (secondary N) is 1. The van der Waals surface area contributed by atoms with Crippen LogP contribution >= 0.6 is 0 Å². The van der Waals surface area contributed by atoms with Crippen LogP contribution in [0, 0.1) is 0 Å². The summed E-state index contributed by atoms with van der Waals surface area (Å²) in [5, 5.41) is 0. The second-order valence-corrected chi connectivity index (χ2v) is 9.11. The van der Waals surface area contributed by atoms with Gasteiger partial charge in [-0.15, -0.1) is 0 Å². The first kappa shape index (κ1) is 24.5. The number of anilines is 1. The molecule has 12 heteroatoms. The number of ether oxygens (including phenoxy) is 1. The quantitative estimate of drug-likeness (QED) is 0.630. The molecule has 0 unspecified atom stereocenters. The van der Waals surface area contributed by atoms with Crippen molar-refractivity contribution in [3.05, 3.63) is 59.7 Å². The molecule has 0 spiro atoms. The van der Waals surface area contributed by atoms with Gasteiger partial charge in [-0.1, -0.05) is 12.1 Å². The molecule has 3 rings (SSSR count). The van der Waals surface area contributed by atoms with E-state index >= 15 is 0 Å². The third-order valence-corrected chi connectivity index (χ3v) is 6.56. The van der Waals surface area contributed by atoms with Crippen molar-refractivity contribution in [2.24, 2.45) is 0 Å². The summed E-state index contributed by atoms with van der Waals surface area (Å²) in [6, 6.07) is 10.2. The minimum atomic E-state index is -4.44. The number of benzene rings is 2. The average molecular weight is 485 g/mol. The first-order chi connectivity index (χ1) is 15.5. The van der Waals surface area contributed by atoms with Gasteiger partial charge in [-0.05, 0) is 43.4 Å². The van der Waals surface area contributed by atoms with Gasteiger partial charge in [0.05, 0.1) is 16.0 Å². The zero-order chi connectivity index (χ0) is 24.2. The second-order valence-electron chi connectivity index (χ2n) is 7.23. The predicted octanol–water partition coefficient (Wildman–Crippen LogP) is 2.12. The summed E-state index contributed by atoms with van der Waals surface area (Å²) in [6.45, 7) is 0.617. The average Bonchev–Trinajstić information content (AvgIpc) is 2.82. The zero-order valence-electron chi connectivity index (χ0n) is 17.6. The number of carbonyl (C=O) groups is 2. The SMILES string of the molecule is CNS(=O)(=O)c1cccc(C(=O)OCC(=O)N2CCN(c3cccc(C(F)(F)F)c3)CC2)c1. The Kier molecular flexibility index (Phi) is 7.28. The van der Waals surface area contributed by atoms with E-state index < -0.39 is 40.2 Å². The van der Waals surface area contributed by atoms with Crippen molar-refractivity contribution >= 4 is 27.6 Å². The Morgan fingerprint density at radius 2 is 1.70 bits per heavy atom. The largest absolute Gasteiger partial charge is 0.452 e. The zero-order valence-corrected chi connectivity index (χ0v) is 18.4. The highest BCUT2D eigenvalue weighted by atomic mass is 32.2. The molecular formula is C21H22F3N3O5S. The Labute approximate surface area is 189 Å². The predicted molar refractivity (Wildman–Crippen MR) is 113 cm³/mol. The van der Waals surface area contributed by atoms with Crippen LogP contribution in [-0.2, 0) is 25.7 Å². The summed E-state index contributed by atoms with van der Waals surface area (Å²) < 4.78 is 69.7. The molecule has 1 saturated heterocycles. The smallest absolute Gasteiger partial charge is 0.416 e. The number of alkyl halides is 3. The van der Waals surface area contributed by atoms with E-state index in [0.717, 1.165) is 18.2 Å². The number of halogens is 3. The molecule has 8 nitrogen and oxygen atoms in total. The second kappa shape index (κ2) is 9.79. The highest BCUT2D eigenvalue weighted by Gasteiger charge is 2.31. The number of piperazine rings is 1. The first-order valence-electron chi connectivity index (χ1n) is 9.92. The minimum absolute atomic E-state index is 0.0199. The summed E-state index contributed by atoms with van der Waals surface area (Å²) in [7, 11) is -2.50. The molecule has 0 saturated carbocycles. The minimum Gasteiger partial charge on any atom is -0.452 e. The number of carbonyl (C=O) groups excluding carboxylic acids is 2. The topological polar surface area (TPSA) is 96.0 Å². The molecule has 0 aromatic heterocycles. The molecule has 178 valence electrons. The van der Waals surface area contributed by atoms with Crippen molar-refractivity contribution in [2.45, 2.75) is 11.1 Å². The van der Waals surface area contributed by atoms with Crippen molar-refractivity contribution < 1.29 is 35.9 Å². The van der Waals surface area contributed by atoms with Gasteiger partial charge in [0.2, 0.25) is 10.0 Å². The van der Waals surface area contributed by atoms with Gasteiger partial charge in [0.25, 0.3) is 5.91 Å². The molecule has 33 heavy (non-hydrogen) atoms. The van der Waals surface area contributed by atoms with Crippen LogP contribution in [0.5, 0.6) is 0 Å². The Morgan fingerprint density at radius 1 is 1.03 bits per heavy atom. The molecule has 1 fully saturated rings. The lowest BCUT2D eigenvalue weighted by atomic mass is 10.1. The summed E-state index contributed by atoms with van der Waals surface area (Å²) in [4.78, 5) is 27.7. The molecule has 0 aliphatic carbocycles. The molecule has 1 heterocycles. The van der Waals surface area contributed by atoms with Crippen molar-refractivity contribution in [1.29, 1.82) is 0 Å². The van der Waals surface area contributed by atoms with Crippen LogP contribution in [0.25, 0.3) is 0 Å².